The van der Waals surface area contributed by atoms with Crippen molar-refractivity contribution in [1.82, 2.24) is 15.4 Å². The lowest BCUT2D eigenvalue weighted by molar-refractivity contribution is 0.417. The number of methoxy groups -OCH3 is 1. The highest BCUT2D eigenvalue weighted by Crippen LogP contribution is 2.41. The van der Waals surface area contributed by atoms with Crippen LogP contribution in [-0.4, -0.2) is 22.5 Å². The number of hydrogen-bond donors (Lipinski definition) is 3. The second-order valence-electron chi connectivity index (χ2n) is 8.00. The molecular formula is C24H27N5O2S. The van der Waals surface area contributed by atoms with Gasteiger partial charge in [0.25, 0.3) is 0 Å². The number of aromatic amines is 1. The average Bonchev–Trinajstić information content (AvgIpc) is 3.45. The molecule has 0 atom stereocenters. The van der Waals surface area contributed by atoms with Crippen molar-refractivity contribution in [2.24, 2.45) is 0 Å². The van der Waals surface area contributed by atoms with E-state index in [1.165, 1.54) is 34.6 Å². The molecule has 2 aromatic heterocycles. The summed E-state index contributed by atoms with van der Waals surface area (Å²) in [5.74, 6) is 2.77. The number of aryl methyl sites for hydroxylation is 2. The molecule has 0 radical (unpaired) electrons. The van der Waals surface area contributed by atoms with E-state index in [0.29, 0.717) is 23.1 Å². The number of rotatable bonds is 9. The number of fused-ring (bicyclic) bond motifs is 1. The molecule has 166 valence electrons. The van der Waals surface area contributed by atoms with Crippen LogP contribution in [0.2, 0.25) is 0 Å². The van der Waals surface area contributed by atoms with Crippen LogP contribution in [0.1, 0.15) is 49.4 Å². The molecule has 5 rings (SSSR count). The Bertz CT molecular complexity index is 1220. The third-order valence-corrected chi connectivity index (χ3v) is 6.88. The first kappa shape index (κ1) is 20.8. The summed E-state index contributed by atoms with van der Waals surface area (Å²) < 4.78 is 14.7. The maximum Gasteiger partial charge on any atom is 0.187 e. The molecule has 0 spiro atoms. The molecule has 0 amide bonds. The van der Waals surface area contributed by atoms with Crippen molar-refractivity contribution in [2.45, 2.75) is 50.3 Å². The predicted octanol–water partition coefficient (Wildman–Crippen LogP) is 6.42. The van der Waals surface area contributed by atoms with Gasteiger partial charge in [-0.15, -0.1) is 0 Å². The second-order valence-corrected chi connectivity index (χ2v) is 8.82. The van der Waals surface area contributed by atoms with E-state index in [9.17, 15) is 0 Å². The molecule has 3 N–H and O–H groups in total. The van der Waals surface area contributed by atoms with Gasteiger partial charge in [-0.3, -0.25) is 5.10 Å². The molecule has 0 bridgehead atoms. The number of hydrogen-bond acceptors (Lipinski definition) is 7. The van der Waals surface area contributed by atoms with Gasteiger partial charge in [0, 0.05) is 28.6 Å². The minimum atomic E-state index is 0.619. The Labute approximate surface area is 191 Å². The Morgan fingerprint density at radius 3 is 2.62 bits per heavy atom. The van der Waals surface area contributed by atoms with Crippen LogP contribution in [0.4, 0.5) is 17.3 Å². The molecule has 1 saturated carbocycles. The number of benzene rings is 2. The van der Waals surface area contributed by atoms with Gasteiger partial charge < -0.3 is 19.3 Å². The first-order chi connectivity index (χ1) is 15.7. The monoisotopic (exact) mass is 449 g/mol. The van der Waals surface area contributed by atoms with Crippen molar-refractivity contribution < 1.29 is 9.26 Å². The van der Waals surface area contributed by atoms with Crippen LogP contribution in [0.15, 0.2) is 45.8 Å². The van der Waals surface area contributed by atoms with Gasteiger partial charge in [-0.05, 0) is 54.8 Å². The zero-order chi connectivity index (χ0) is 22.1. The lowest BCUT2D eigenvalue weighted by Crippen LogP contribution is -1.97. The summed E-state index contributed by atoms with van der Waals surface area (Å²) in [7, 11) is 1.66. The lowest BCUT2D eigenvalue weighted by atomic mass is 10.1. The average molecular weight is 450 g/mol. The fourth-order valence-electron chi connectivity index (χ4n) is 3.87. The quantitative estimate of drug-likeness (QED) is 0.254. The summed E-state index contributed by atoms with van der Waals surface area (Å²) in [5, 5.41) is 16.0. The van der Waals surface area contributed by atoms with Crippen molar-refractivity contribution >= 4 is 40.2 Å². The van der Waals surface area contributed by atoms with E-state index in [2.05, 4.69) is 63.5 Å². The molecular weight excluding hydrogens is 422 g/mol. The van der Waals surface area contributed by atoms with E-state index in [0.717, 1.165) is 29.7 Å². The van der Waals surface area contributed by atoms with Crippen LogP contribution in [-0.2, 0) is 12.8 Å². The van der Waals surface area contributed by atoms with Crippen LogP contribution < -0.4 is 14.8 Å². The largest absolute Gasteiger partial charge is 0.495 e. The second kappa shape index (κ2) is 8.78. The van der Waals surface area contributed by atoms with E-state index in [1.54, 1.807) is 19.1 Å². The smallest absolute Gasteiger partial charge is 0.187 e. The summed E-state index contributed by atoms with van der Waals surface area (Å²) >= 11 is 1.58. The molecule has 1 aliphatic carbocycles. The summed E-state index contributed by atoms with van der Waals surface area (Å²) in [6.07, 6.45) is 4.42. The van der Waals surface area contributed by atoms with E-state index < -0.39 is 0 Å². The number of H-pyrrole nitrogens is 1. The van der Waals surface area contributed by atoms with Gasteiger partial charge in [-0.2, -0.15) is 5.10 Å². The standard InChI is InChI=1S/C24H27N5O2S/c1-4-14-7-6-8-15(5-2)23(14)32-29-24-17-11-21(30-3)19(12-20(17)31-28-24)25-22-13-18(26-27-22)16-9-10-16/h6-8,11-13,16H,4-5,9-10H2,1-3H3,(H,28,29)(H2,25,26,27). The Hall–Kier alpha value is -3.13. The van der Waals surface area contributed by atoms with Gasteiger partial charge in [-0.1, -0.05) is 37.2 Å². The van der Waals surface area contributed by atoms with Crippen molar-refractivity contribution in [3.05, 3.63) is 53.2 Å². The molecule has 32 heavy (non-hydrogen) atoms. The van der Waals surface area contributed by atoms with Crippen LogP contribution in [0.25, 0.3) is 11.0 Å². The predicted molar refractivity (Wildman–Crippen MR) is 129 cm³/mol. The summed E-state index contributed by atoms with van der Waals surface area (Å²) in [5.41, 5.74) is 5.28. The van der Waals surface area contributed by atoms with E-state index in [1.807, 2.05) is 12.1 Å². The first-order valence-electron chi connectivity index (χ1n) is 11.0. The zero-order valence-corrected chi connectivity index (χ0v) is 19.3. The van der Waals surface area contributed by atoms with Gasteiger partial charge >= 0.3 is 0 Å². The van der Waals surface area contributed by atoms with Crippen LogP contribution in [0, 0.1) is 0 Å². The highest BCUT2D eigenvalue weighted by molar-refractivity contribution is 8.00. The fraction of sp³-hybridized carbons (Fsp3) is 0.333. The third kappa shape index (κ3) is 4.02. The van der Waals surface area contributed by atoms with Gasteiger partial charge in [-0.25, -0.2) is 0 Å². The Morgan fingerprint density at radius 2 is 1.94 bits per heavy atom. The maximum atomic E-state index is 5.65. The zero-order valence-electron chi connectivity index (χ0n) is 18.5. The van der Waals surface area contributed by atoms with Crippen LogP contribution >= 0.6 is 11.9 Å². The summed E-state index contributed by atoms with van der Waals surface area (Å²) in [6, 6.07) is 12.4. The van der Waals surface area contributed by atoms with Crippen molar-refractivity contribution in [2.75, 3.05) is 17.1 Å². The van der Waals surface area contributed by atoms with Crippen molar-refractivity contribution in [1.29, 1.82) is 0 Å². The van der Waals surface area contributed by atoms with Gasteiger partial charge in [0.1, 0.15) is 5.75 Å². The Balaban J connectivity index is 1.40. The molecule has 7 nitrogen and oxygen atoms in total. The van der Waals surface area contributed by atoms with E-state index in [-0.39, 0.29) is 0 Å². The van der Waals surface area contributed by atoms with E-state index in [4.69, 9.17) is 9.26 Å². The molecule has 0 aliphatic heterocycles. The Morgan fingerprint density at radius 1 is 1.16 bits per heavy atom. The maximum absolute atomic E-state index is 5.65. The minimum Gasteiger partial charge on any atom is -0.495 e. The number of nitrogens with one attached hydrogen (secondary N) is 3. The molecule has 2 aromatic carbocycles. The molecule has 4 aromatic rings. The van der Waals surface area contributed by atoms with Gasteiger partial charge in [0.2, 0.25) is 0 Å². The van der Waals surface area contributed by atoms with Gasteiger partial charge in [0.15, 0.2) is 17.2 Å². The van der Waals surface area contributed by atoms with E-state index >= 15 is 0 Å². The minimum absolute atomic E-state index is 0.619. The normalized spacial score (nSPS) is 13.5. The van der Waals surface area contributed by atoms with Gasteiger partial charge in [0.05, 0.1) is 18.2 Å². The van der Waals surface area contributed by atoms with Crippen molar-refractivity contribution in [3.8, 4) is 5.75 Å². The first-order valence-corrected chi connectivity index (χ1v) is 11.8. The molecule has 0 saturated heterocycles. The molecule has 1 aliphatic rings. The lowest BCUT2D eigenvalue weighted by Gasteiger charge is -2.12. The topological polar surface area (TPSA) is 88.0 Å². The highest BCUT2D eigenvalue weighted by Gasteiger charge is 2.25. The summed E-state index contributed by atoms with van der Waals surface area (Å²) in [6.45, 7) is 4.35. The molecule has 8 heteroatoms. The SMILES string of the molecule is CCc1cccc(CC)c1SNc1noc2cc(Nc3cc(C4CC4)[nH]n3)c(OC)cc12. The summed E-state index contributed by atoms with van der Waals surface area (Å²) in [4.78, 5) is 1.25. The number of ether oxygens (including phenoxy) is 1. The highest BCUT2D eigenvalue weighted by atomic mass is 32.2. The fourth-order valence-corrected chi connectivity index (χ4v) is 4.91. The van der Waals surface area contributed by atoms with Crippen LogP contribution in [0.3, 0.4) is 0 Å². The molecule has 1 fully saturated rings. The Kier molecular flexibility index (Phi) is 5.70. The van der Waals surface area contributed by atoms with Crippen molar-refractivity contribution in [3.63, 3.8) is 0 Å². The molecule has 0 unspecified atom stereocenters. The number of anilines is 3. The van der Waals surface area contributed by atoms with Crippen LogP contribution in [0.5, 0.6) is 5.75 Å². The number of nitrogens with zero attached hydrogens (tertiary/aromatic N) is 2. The third-order valence-electron chi connectivity index (χ3n) is 5.86. The number of aromatic nitrogens is 3. The molecule has 2 heterocycles.